The number of nitrogens with one attached hydrogen (secondary N) is 2. The second-order valence-corrected chi connectivity index (χ2v) is 7.86. The van der Waals surface area contributed by atoms with Gasteiger partial charge in [0.1, 0.15) is 5.82 Å². The van der Waals surface area contributed by atoms with Gasteiger partial charge in [-0.2, -0.15) is 0 Å². The predicted octanol–water partition coefficient (Wildman–Crippen LogP) is 3.66. The number of piperidine rings is 1. The zero-order chi connectivity index (χ0) is 15.7. The van der Waals surface area contributed by atoms with Crippen LogP contribution in [0.3, 0.4) is 0 Å². The highest BCUT2D eigenvalue weighted by Crippen LogP contribution is 2.28. The Morgan fingerprint density at radius 1 is 1.19 bits per heavy atom. The van der Waals surface area contributed by atoms with Gasteiger partial charge in [-0.15, -0.1) is 0 Å². The van der Waals surface area contributed by atoms with Gasteiger partial charge in [0, 0.05) is 23.2 Å². The van der Waals surface area contributed by atoms with Crippen LogP contribution in [0, 0.1) is 5.82 Å². The van der Waals surface area contributed by atoms with E-state index in [1.165, 1.54) is 0 Å². The molecule has 0 amide bonds. The quantitative estimate of drug-likeness (QED) is 0.885. The van der Waals surface area contributed by atoms with Crippen molar-refractivity contribution in [1.29, 1.82) is 0 Å². The summed E-state index contributed by atoms with van der Waals surface area (Å²) in [5.41, 5.74) is 1.07. The second kappa shape index (κ2) is 6.05. The van der Waals surface area contributed by atoms with Crippen molar-refractivity contribution in [2.24, 2.45) is 0 Å². The monoisotopic (exact) mass is 292 g/mol. The van der Waals surface area contributed by atoms with Crippen LogP contribution >= 0.6 is 0 Å². The Morgan fingerprint density at radius 3 is 2.33 bits per heavy atom. The first-order chi connectivity index (χ1) is 9.67. The first kappa shape index (κ1) is 16.4. The zero-order valence-corrected chi connectivity index (χ0v) is 14.0. The maximum atomic E-state index is 13.7. The Labute approximate surface area is 128 Å². The molecule has 0 radical (unpaired) electrons. The van der Waals surface area contributed by atoms with Gasteiger partial charge in [0.05, 0.1) is 0 Å². The van der Waals surface area contributed by atoms with Gasteiger partial charge in [0.25, 0.3) is 0 Å². The van der Waals surface area contributed by atoms with Crippen LogP contribution in [0.2, 0.25) is 0 Å². The minimum Gasteiger partial charge on any atom is -0.311 e. The van der Waals surface area contributed by atoms with Crippen LogP contribution in [-0.4, -0.2) is 23.2 Å². The van der Waals surface area contributed by atoms with E-state index in [2.05, 4.69) is 45.3 Å². The van der Waals surface area contributed by atoms with Crippen molar-refractivity contribution in [3.05, 3.63) is 35.6 Å². The second-order valence-electron chi connectivity index (χ2n) is 7.86. The average Bonchev–Trinajstić information content (AvgIpc) is 2.27. The van der Waals surface area contributed by atoms with Crippen LogP contribution in [0.5, 0.6) is 0 Å². The Bertz CT molecular complexity index is 466. The van der Waals surface area contributed by atoms with E-state index in [1.807, 2.05) is 12.1 Å². The van der Waals surface area contributed by atoms with Crippen molar-refractivity contribution < 1.29 is 4.39 Å². The molecule has 1 fully saturated rings. The first-order valence-electron chi connectivity index (χ1n) is 7.96. The lowest BCUT2D eigenvalue weighted by Gasteiger charge is -2.47. The van der Waals surface area contributed by atoms with Crippen LogP contribution in [0.25, 0.3) is 0 Å². The molecule has 3 heteroatoms. The molecule has 21 heavy (non-hydrogen) atoms. The third kappa shape index (κ3) is 4.79. The topological polar surface area (TPSA) is 24.1 Å². The number of hydrogen-bond donors (Lipinski definition) is 2. The molecular formula is C18H29FN2. The Balaban J connectivity index is 1.96. The number of benzene rings is 1. The summed E-state index contributed by atoms with van der Waals surface area (Å²) in [6, 6.07) is 7.81. The molecule has 0 aliphatic carbocycles. The van der Waals surface area contributed by atoms with E-state index in [1.54, 1.807) is 12.1 Å². The van der Waals surface area contributed by atoms with Gasteiger partial charge in [-0.05, 0) is 65.5 Å². The Kier molecular flexibility index (Phi) is 4.74. The molecule has 2 nitrogen and oxygen atoms in total. The number of hydrogen-bond acceptors (Lipinski definition) is 2. The molecular weight excluding hydrogens is 263 g/mol. The fraction of sp³-hybridized carbons (Fsp3) is 0.667. The summed E-state index contributed by atoms with van der Waals surface area (Å²) in [6.07, 6.45) is 2.92. The smallest absolute Gasteiger partial charge is 0.126 e. The SMILES string of the molecule is CC(Cc1ccccc1F)NC1CC(C)(C)NC(C)(C)C1. The molecule has 1 unspecified atom stereocenters. The highest BCUT2D eigenvalue weighted by atomic mass is 19.1. The Hall–Kier alpha value is -0.930. The van der Waals surface area contributed by atoms with Crippen LogP contribution < -0.4 is 10.6 Å². The zero-order valence-electron chi connectivity index (χ0n) is 14.0. The maximum absolute atomic E-state index is 13.7. The average molecular weight is 292 g/mol. The van der Waals surface area contributed by atoms with E-state index in [-0.39, 0.29) is 22.9 Å². The molecule has 0 aromatic heterocycles. The lowest BCUT2D eigenvalue weighted by molar-refractivity contribution is 0.140. The van der Waals surface area contributed by atoms with Gasteiger partial charge in [-0.3, -0.25) is 0 Å². The molecule has 1 saturated heterocycles. The molecule has 1 aromatic rings. The van der Waals surface area contributed by atoms with Crippen LogP contribution in [0.15, 0.2) is 24.3 Å². The molecule has 0 spiro atoms. The summed E-state index contributed by atoms with van der Waals surface area (Å²) in [5, 5.41) is 7.39. The van der Waals surface area contributed by atoms with Crippen molar-refractivity contribution in [3.63, 3.8) is 0 Å². The predicted molar refractivity (Wildman–Crippen MR) is 87.0 cm³/mol. The fourth-order valence-electron chi connectivity index (χ4n) is 3.90. The van der Waals surface area contributed by atoms with E-state index in [0.717, 1.165) is 24.8 Å². The summed E-state index contributed by atoms with van der Waals surface area (Å²) in [4.78, 5) is 0. The van der Waals surface area contributed by atoms with Crippen molar-refractivity contribution in [2.75, 3.05) is 0 Å². The summed E-state index contributed by atoms with van der Waals surface area (Å²) < 4.78 is 13.7. The van der Waals surface area contributed by atoms with Crippen LogP contribution in [-0.2, 0) is 6.42 Å². The van der Waals surface area contributed by atoms with Crippen molar-refractivity contribution in [3.8, 4) is 0 Å². The standard InChI is InChI=1S/C18H29FN2/c1-13(10-14-8-6-7-9-16(14)19)20-15-11-17(2,3)21-18(4,5)12-15/h6-9,13,15,20-21H,10-12H2,1-5H3. The highest BCUT2D eigenvalue weighted by Gasteiger charge is 2.37. The highest BCUT2D eigenvalue weighted by molar-refractivity contribution is 5.18. The van der Waals surface area contributed by atoms with Gasteiger partial charge in [-0.25, -0.2) is 4.39 Å². The van der Waals surface area contributed by atoms with Crippen molar-refractivity contribution >= 4 is 0 Å². The van der Waals surface area contributed by atoms with Gasteiger partial charge >= 0.3 is 0 Å². The summed E-state index contributed by atoms with van der Waals surface area (Å²) in [7, 11) is 0. The molecule has 0 bridgehead atoms. The fourth-order valence-corrected chi connectivity index (χ4v) is 3.90. The molecule has 1 aromatic carbocycles. The molecule has 118 valence electrons. The molecule has 1 heterocycles. The lowest BCUT2D eigenvalue weighted by atomic mass is 9.79. The van der Waals surface area contributed by atoms with Gasteiger partial charge < -0.3 is 10.6 Å². The summed E-state index contributed by atoms with van der Waals surface area (Å²) >= 11 is 0. The maximum Gasteiger partial charge on any atom is 0.126 e. The molecule has 1 atom stereocenters. The van der Waals surface area contributed by atoms with Gasteiger partial charge in [0.15, 0.2) is 0 Å². The normalized spacial score (nSPS) is 23.0. The molecule has 1 aliphatic heterocycles. The third-order valence-electron chi connectivity index (χ3n) is 4.19. The number of rotatable bonds is 4. The lowest BCUT2D eigenvalue weighted by Crippen LogP contribution is -2.62. The Morgan fingerprint density at radius 2 is 1.76 bits per heavy atom. The van der Waals surface area contributed by atoms with E-state index in [0.29, 0.717) is 6.04 Å². The minimum atomic E-state index is -0.0999. The van der Waals surface area contributed by atoms with Crippen molar-refractivity contribution in [1.82, 2.24) is 10.6 Å². The minimum absolute atomic E-state index is 0.0999. The third-order valence-corrected chi connectivity index (χ3v) is 4.19. The van der Waals surface area contributed by atoms with Gasteiger partial charge in [0.2, 0.25) is 0 Å². The largest absolute Gasteiger partial charge is 0.311 e. The van der Waals surface area contributed by atoms with Crippen LogP contribution in [0.4, 0.5) is 4.39 Å². The molecule has 2 N–H and O–H groups in total. The molecule has 0 saturated carbocycles. The van der Waals surface area contributed by atoms with E-state index >= 15 is 0 Å². The summed E-state index contributed by atoms with van der Waals surface area (Å²) in [5.74, 6) is -0.0999. The number of halogens is 1. The first-order valence-corrected chi connectivity index (χ1v) is 7.96. The van der Waals surface area contributed by atoms with E-state index in [9.17, 15) is 4.39 Å². The van der Waals surface area contributed by atoms with Crippen molar-refractivity contribution in [2.45, 2.75) is 77.0 Å². The van der Waals surface area contributed by atoms with E-state index in [4.69, 9.17) is 0 Å². The van der Waals surface area contributed by atoms with Gasteiger partial charge in [-0.1, -0.05) is 18.2 Å². The van der Waals surface area contributed by atoms with Crippen LogP contribution in [0.1, 0.15) is 53.0 Å². The summed E-state index contributed by atoms with van der Waals surface area (Å²) in [6.45, 7) is 11.2. The molecule has 1 aliphatic rings. The molecule has 2 rings (SSSR count). The van der Waals surface area contributed by atoms with E-state index < -0.39 is 0 Å².